The second-order valence-corrected chi connectivity index (χ2v) is 7.69. The fraction of sp³-hybridized carbons (Fsp3) is 0.235. The normalized spacial score (nSPS) is 15.0. The number of benzene rings is 2. The number of nitro groups is 1. The molecule has 0 radical (unpaired) electrons. The molecule has 0 saturated carbocycles. The molecule has 0 unspecified atom stereocenters. The van der Waals surface area contributed by atoms with E-state index in [2.05, 4.69) is 9.89 Å². The predicted octanol–water partition coefficient (Wildman–Crippen LogP) is 3.18. The minimum absolute atomic E-state index is 0.0198. The van der Waals surface area contributed by atoms with Crippen molar-refractivity contribution >= 4 is 27.6 Å². The van der Waals surface area contributed by atoms with Crippen LogP contribution in [0.2, 0.25) is 0 Å². The van der Waals surface area contributed by atoms with E-state index in [0.29, 0.717) is 5.69 Å². The van der Waals surface area contributed by atoms with E-state index in [-0.39, 0.29) is 15.5 Å². The molecular weight excluding hydrogens is 342 g/mol. The summed E-state index contributed by atoms with van der Waals surface area (Å²) in [6.45, 7) is 1.99. The van der Waals surface area contributed by atoms with Gasteiger partial charge in [0.15, 0.2) is 0 Å². The Hall–Kier alpha value is -2.74. The Morgan fingerprint density at radius 3 is 2.00 bits per heavy atom. The van der Waals surface area contributed by atoms with E-state index in [1.807, 2.05) is 0 Å². The first-order valence-corrected chi connectivity index (χ1v) is 9.33. The SMILES string of the molecule is O=[N+]([O-])c1ccc(S(=O)(=O)c2ccc(N=CN3CCCC3)cc2)cc1. The van der Waals surface area contributed by atoms with Crippen molar-refractivity contribution in [3.05, 3.63) is 58.6 Å². The molecule has 0 amide bonds. The zero-order valence-electron chi connectivity index (χ0n) is 13.4. The van der Waals surface area contributed by atoms with Crippen LogP contribution >= 0.6 is 0 Å². The van der Waals surface area contributed by atoms with Gasteiger partial charge in [0.05, 0.1) is 26.7 Å². The van der Waals surface area contributed by atoms with Crippen LogP contribution in [0, 0.1) is 10.1 Å². The second kappa shape index (κ2) is 7.02. The van der Waals surface area contributed by atoms with Crippen molar-refractivity contribution in [3.63, 3.8) is 0 Å². The third-order valence-corrected chi connectivity index (χ3v) is 5.80. The van der Waals surface area contributed by atoms with Gasteiger partial charge in [-0.3, -0.25) is 10.1 Å². The molecule has 1 aliphatic heterocycles. The van der Waals surface area contributed by atoms with E-state index in [0.717, 1.165) is 13.1 Å². The van der Waals surface area contributed by atoms with Crippen molar-refractivity contribution in [1.29, 1.82) is 0 Å². The highest BCUT2D eigenvalue weighted by atomic mass is 32.2. The molecule has 1 saturated heterocycles. The molecule has 0 aliphatic carbocycles. The number of rotatable bonds is 5. The first-order valence-electron chi connectivity index (χ1n) is 7.85. The summed E-state index contributed by atoms with van der Waals surface area (Å²) in [6.07, 6.45) is 4.11. The molecule has 2 aromatic rings. The van der Waals surface area contributed by atoms with Crippen molar-refractivity contribution < 1.29 is 13.3 Å². The summed E-state index contributed by atoms with van der Waals surface area (Å²) < 4.78 is 25.2. The van der Waals surface area contributed by atoms with Crippen molar-refractivity contribution in [2.75, 3.05) is 13.1 Å². The van der Waals surface area contributed by atoms with Gasteiger partial charge in [-0.05, 0) is 49.2 Å². The predicted molar refractivity (Wildman–Crippen MR) is 93.9 cm³/mol. The summed E-state index contributed by atoms with van der Waals surface area (Å²) in [5, 5.41) is 10.7. The molecule has 7 nitrogen and oxygen atoms in total. The van der Waals surface area contributed by atoms with Gasteiger partial charge in [0.1, 0.15) is 0 Å². The van der Waals surface area contributed by atoms with Crippen LogP contribution in [-0.2, 0) is 9.84 Å². The van der Waals surface area contributed by atoms with Crippen LogP contribution in [0.5, 0.6) is 0 Å². The lowest BCUT2D eigenvalue weighted by Crippen LogP contribution is -2.15. The molecule has 2 aromatic carbocycles. The average Bonchev–Trinajstić information content (AvgIpc) is 3.14. The zero-order chi connectivity index (χ0) is 17.9. The smallest absolute Gasteiger partial charge is 0.269 e. The maximum Gasteiger partial charge on any atom is 0.269 e. The van der Waals surface area contributed by atoms with Crippen LogP contribution in [0.1, 0.15) is 12.8 Å². The lowest BCUT2D eigenvalue weighted by Gasteiger charge is -2.09. The van der Waals surface area contributed by atoms with Gasteiger partial charge in [0, 0.05) is 25.2 Å². The highest BCUT2D eigenvalue weighted by Crippen LogP contribution is 2.25. The molecule has 0 bridgehead atoms. The van der Waals surface area contributed by atoms with Gasteiger partial charge in [0.2, 0.25) is 9.84 Å². The van der Waals surface area contributed by atoms with Gasteiger partial charge >= 0.3 is 0 Å². The van der Waals surface area contributed by atoms with Crippen molar-refractivity contribution in [3.8, 4) is 0 Å². The topological polar surface area (TPSA) is 92.9 Å². The Kier molecular flexibility index (Phi) is 4.80. The van der Waals surface area contributed by atoms with Crippen LogP contribution in [0.25, 0.3) is 0 Å². The molecule has 25 heavy (non-hydrogen) atoms. The standard InChI is InChI=1S/C17H17N3O4S/c21-20(22)15-5-9-17(10-6-15)25(23,24)16-7-3-14(4-8-16)18-13-19-11-1-2-12-19/h3-10,13H,1-2,11-12H2. The maximum atomic E-state index is 12.6. The summed E-state index contributed by atoms with van der Waals surface area (Å²) in [4.78, 5) is 16.7. The molecule has 0 N–H and O–H groups in total. The summed E-state index contributed by atoms with van der Waals surface area (Å²) in [6, 6.07) is 11.1. The zero-order valence-corrected chi connectivity index (χ0v) is 14.2. The minimum Gasteiger partial charge on any atom is -0.363 e. The summed E-state index contributed by atoms with van der Waals surface area (Å²) >= 11 is 0. The Bertz CT molecular complexity index is 884. The highest BCUT2D eigenvalue weighted by molar-refractivity contribution is 7.91. The molecule has 0 atom stereocenters. The lowest BCUT2D eigenvalue weighted by molar-refractivity contribution is -0.384. The fourth-order valence-electron chi connectivity index (χ4n) is 2.60. The minimum atomic E-state index is -3.71. The molecule has 1 aliphatic rings. The molecule has 0 aromatic heterocycles. The summed E-state index contributed by atoms with van der Waals surface area (Å²) in [5.74, 6) is 0. The number of likely N-dealkylation sites (tertiary alicyclic amines) is 1. The molecule has 130 valence electrons. The van der Waals surface area contributed by atoms with Gasteiger partial charge in [-0.15, -0.1) is 0 Å². The molecule has 1 heterocycles. The number of hydrogen-bond acceptors (Lipinski definition) is 5. The second-order valence-electron chi connectivity index (χ2n) is 5.74. The van der Waals surface area contributed by atoms with E-state index in [9.17, 15) is 18.5 Å². The Morgan fingerprint density at radius 2 is 1.48 bits per heavy atom. The van der Waals surface area contributed by atoms with E-state index in [1.165, 1.54) is 49.2 Å². The molecule has 1 fully saturated rings. The van der Waals surface area contributed by atoms with Crippen molar-refractivity contribution in [2.45, 2.75) is 22.6 Å². The van der Waals surface area contributed by atoms with E-state index in [4.69, 9.17) is 0 Å². The van der Waals surface area contributed by atoms with Crippen LogP contribution in [0.15, 0.2) is 63.3 Å². The third kappa shape index (κ3) is 3.85. The Balaban J connectivity index is 1.79. The lowest BCUT2D eigenvalue weighted by atomic mass is 10.3. The number of nitro benzene ring substituents is 1. The highest BCUT2D eigenvalue weighted by Gasteiger charge is 2.18. The monoisotopic (exact) mass is 359 g/mol. The Morgan fingerprint density at radius 1 is 0.960 bits per heavy atom. The summed E-state index contributed by atoms with van der Waals surface area (Å²) in [7, 11) is -3.71. The number of sulfone groups is 1. The molecule has 3 rings (SSSR count). The number of nitrogens with zero attached hydrogens (tertiary/aromatic N) is 3. The van der Waals surface area contributed by atoms with Crippen LogP contribution < -0.4 is 0 Å². The van der Waals surface area contributed by atoms with E-state index in [1.54, 1.807) is 18.5 Å². The Labute approximate surface area is 145 Å². The van der Waals surface area contributed by atoms with Crippen molar-refractivity contribution in [1.82, 2.24) is 4.90 Å². The van der Waals surface area contributed by atoms with E-state index < -0.39 is 14.8 Å². The van der Waals surface area contributed by atoms with Gasteiger partial charge in [-0.25, -0.2) is 13.4 Å². The van der Waals surface area contributed by atoms with Crippen LogP contribution in [-0.4, -0.2) is 37.7 Å². The van der Waals surface area contributed by atoms with Crippen LogP contribution in [0.3, 0.4) is 0 Å². The first kappa shape index (κ1) is 17.1. The van der Waals surface area contributed by atoms with Crippen molar-refractivity contribution in [2.24, 2.45) is 4.99 Å². The molecule has 8 heteroatoms. The third-order valence-electron chi connectivity index (χ3n) is 4.02. The average molecular weight is 359 g/mol. The molecular formula is C17H17N3O4S. The van der Waals surface area contributed by atoms with Gasteiger partial charge in [-0.1, -0.05) is 0 Å². The number of aliphatic imine (C=N–C) groups is 1. The fourth-order valence-corrected chi connectivity index (χ4v) is 3.86. The van der Waals surface area contributed by atoms with Gasteiger partial charge in [-0.2, -0.15) is 0 Å². The molecule has 0 spiro atoms. The summed E-state index contributed by atoms with van der Waals surface area (Å²) in [5.41, 5.74) is 0.528. The quantitative estimate of drug-likeness (QED) is 0.354. The first-order chi connectivity index (χ1) is 12.0. The number of hydrogen-bond donors (Lipinski definition) is 0. The van der Waals surface area contributed by atoms with Crippen LogP contribution in [0.4, 0.5) is 11.4 Å². The largest absolute Gasteiger partial charge is 0.363 e. The maximum absolute atomic E-state index is 12.6. The van der Waals surface area contributed by atoms with E-state index >= 15 is 0 Å². The van der Waals surface area contributed by atoms with Gasteiger partial charge in [0.25, 0.3) is 5.69 Å². The number of non-ortho nitro benzene ring substituents is 1. The van der Waals surface area contributed by atoms with Gasteiger partial charge < -0.3 is 4.90 Å².